The van der Waals surface area contributed by atoms with Gasteiger partial charge in [0.1, 0.15) is 23.6 Å². The number of aromatic nitrogens is 4. The summed E-state index contributed by atoms with van der Waals surface area (Å²) < 4.78 is 14.3. The Kier molecular flexibility index (Phi) is 4.86. The van der Waals surface area contributed by atoms with Crippen LogP contribution in [0.15, 0.2) is 62.8 Å². The Morgan fingerprint density at radius 2 is 1.97 bits per heavy atom. The molecule has 0 bridgehead atoms. The minimum absolute atomic E-state index is 0.144. The molecule has 3 heterocycles. The quantitative estimate of drug-likeness (QED) is 0.497. The highest BCUT2D eigenvalue weighted by molar-refractivity contribution is 5.82. The molecule has 4 rings (SSSR count). The van der Waals surface area contributed by atoms with E-state index in [9.17, 15) is 14.7 Å². The average molecular weight is 394 g/mol. The topological polar surface area (TPSA) is 112 Å². The molecule has 0 unspecified atom stereocenters. The first kappa shape index (κ1) is 18.5. The Balaban J connectivity index is 1.43. The summed E-state index contributed by atoms with van der Waals surface area (Å²) in [6, 6.07) is 9.82. The molecule has 9 nitrogen and oxygen atoms in total. The van der Waals surface area contributed by atoms with Crippen LogP contribution in [0.1, 0.15) is 11.4 Å². The van der Waals surface area contributed by atoms with E-state index in [4.69, 9.17) is 9.15 Å². The second-order valence-electron chi connectivity index (χ2n) is 6.55. The van der Waals surface area contributed by atoms with E-state index in [1.807, 2.05) is 12.1 Å². The van der Waals surface area contributed by atoms with Gasteiger partial charge in [-0.15, -0.1) is 5.10 Å². The van der Waals surface area contributed by atoms with Crippen LogP contribution in [0, 0.1) is 6.92 Å². The SMILES string of the molecule is Cc1cc(=O)c(O)cn1CCn1cc(COc2cc(=O)oc3ccccc23)nn1. The molecule has 0 amide bonds. The van der Waals surface area contributed by atoms with E-state index in [2.05, 4.69) is 10.3 Å². The van der Waals surface area contributed by atoms with Gasteiger partial charge in [-0.2, -0.15) is 0 Å². The number of aryl methyl sites for hydroxylation is 3. The lowest BCUT2D eigenvalue weighted by molar-refractivity contribution is 0.302. The number of fused-ring (bicyclic) bond motifs is 1. The summed E-state index contributed by atoms with van der Waals surface area (Å²) in [5, 5.41) is 18.4. The molecule has 0 radical (unpaired) electrons. The van der Waals surface area contributed by atoms with Crippen molar-refractivity contribution >= 4 is 11.0 Å². The number of hydrogen-bond acceptors (Lipinski definition) is 7. The molecule has 0 spiro atoms. The molecule has 0 aliphatic rings. The predicted octanol–water partition coefficient (Wildman–Crippen LogP) is 1.84. The van der Waals surface area contributed by atoms with Crippen molar-refractivity contribution in [3.05, 3.63) is 80.8 Å². The van der Waals surface area contributed by atoms with Crippen molar-refractivity contribution in [2.75, 3.05) is 0 Å². The van der Waals surface area contributed by atoms with E-state index in [0.717, 1.165) is 5.69 Å². The molecule has 9 heteroatoms. The van der Waals surface area contributed by atoms with Crippen LogP contribution in [0.3, 0.4) is 0 Å². The number of ether oxygens (including phenoxy) is 1. The molecule has 3 aromatic heterocycles. The monoisotopic (exact) mass is 394 g/mol. The van der Waals surface area contributed by atoms with Gasteiger partial charge in [0.2, 0.25) is 5.43 Å². The summed E-state index contributed by atoms with van der Waals surface area (Å²) in [7, 11) is 0. The molecule has 0 aliphatic carbocycles. The molecule has 148 valence electrons. The van der Waals surface area contributed by atoms with Crippen molar-refractivity contribution in [1.29, 1.82) is 0 Å². The maximum atomic E-state index is 11.7. The molecule has 0 fully saturated rings. The first-order valence-corrected chi connectivity index (χ1v) is 8.94. The zero-order valence-electron chi connectivity index (χ0n) is 15.6. The lowest BCUT2D eigenvalue weighted by Gasteiger charge is -2.10. The Bertz CT molecular complexity index is 1290. The number of nitrogens with zero attached hydrogens (tertiary/aromatic N) is 4. The maximum absolute atomic E-state index is 11.7. The summed E-state index contributed by atoms with van der Waals surface area (Å²) >= 11 is 0. The Morgan fingerprint density at radius 3 is 2.83 bits per heavy atom. The zero-order chi connectivity index (χ0) is 20.4. The number of para-hydroxylation sites is 1. The number of rotatable bonds is 6. The van der Waals surface area contributed by atoms with Gasteiger partial charge in [0.05, 0.1) is 30.4 Å². The van der Waals surface area contributed by atoms with Crippen molar-refractivity contribution in [1.82, 2.24) is 19.6 Å². The fraction of sp³-hybridized carbons (Fsp3) is 0.200. The third-order valence-corrected chi connectivity index (χ3v) is 4.47. The minimum atomic E-state index is -0.484. The number of pyridine rings is 1. The van der Waals surface area contributed by atoms with Crippen LogP contribution in [0.2, 0.25) is 0 Å². The van der Waals surface area contributed by atoms with Crippen molar-refractivity contribution in [2.24, 2.45) is 0 Å². The summed E-state index contributed by atoms with van der Waals surface area (Å²) in [5.41, 5.74) is 0.912. The number of hydrogen-bond donors (Lipinski definition) is 1. The van der Waals surface area contributed by atoms with Crippen LogP contribution in [0.25, 0.3) is 11.0 Å². The van der Waals surface area contributed by atoms with E-state index in [1.54, 1.807) is 34.5 Å². The highest BCUT2D eigenvalue weighted by Crippen LogP contribution is 2.23. The lowest BCUT2D eigenvalue weighted by atomic mass is 10.2. The predicted molar refractivity (Wildman–Crippen MR) is 104 cm³/mol. The molecule has 4 aromatic rings. The van der Waals surface area contributed by atoms with Gasteiger partial charge in [-0.05, 0) is 19.1 Å². The number of benzene rings is 1. The molecule has 1 N–H and O–H groups in total. The minimum Gasteiger partial charge on any atom is -0.503 e. The third-order valence-electron chi connectivity index (χ3n) is 4.47. The summed E-state index contributed by atoms with van der Waals surface area (Å²) in [5.74, 6) is 0.133. The first-order chi connectivity index (χ1) is 14.0. The third kappa shape index (κ3) is 4.03. The molecule has 0 saturated heterocycles. The van der Waals surface area contributed by atoms with Crippen LogP contribution in [-0.2, 0) is 19.7 Å². The van der Waals surface area contributed by atoms with E-state index in [0.29, 0.717) is 35.5 Å². The van der Waals surface area contributed by atoms with E-state index in [-0.39, 0.29) is 12.4 Å². The van der Waals surface area contributed by atoms with Gasteiger partial charge in [-0.25, -0.2) is 4.79 Å². The van der Waals surface area contributed by atoms with Gasteiger partial charge >= 0.3 is 5.63 Å². The lowest BCUT2D eigenvalue weighted by Crippen LogP contribution is -2.13. The average Bonchev–Trinajstić information content (AvgIpc) is 3.15. The first-order valence-electron chi connectivity index (χ1n) is 8.94. The van der Waals surface area contributed by atoms with Gasteiger partial charge in [-0.1, -0.05) is 17.3 Å². The maximum Gasteiger partial charge on any atom is 0.339 e. The van der Waals surface area contributed by atoms with E-state index < -0.39 is 11.1 Å². The fourth-order valence-electron chi connectivity index (χ4n) is 2.98. The van der Waals surface area contributed by atoms with Crippen LogP contribution in [-0.4, -0.2) is 24.7 Å². The highest BCUT2D eigenvalue weighted by atomic mass is 16.5. The summed E-state index contributed by atoms with van der Waals surface area (Å²) in [6.07, 6.45) is 3.15. The van der Waals surface area contributed by atoms with Gasteiger partial charge in [0, 0.05) is 18.3 Å². The standard InChI is InChI=1S/C20H18N4O5/c1-13-8-16(25)17(26)11-23(13)6-7-24-10-14(21-22-24)12-28-19-9-20(27)29-18-5-3-2-4-15(18)19/h2-5,8-11,26H,6-7,12H2,1H3. The molecule has 29 heavy (non-hydrogen) atoms. The summed E-state index contributed by atoms with van der Waals surface area (Å²) in [6.45, 7) is 2.94. The van der Waals surface area contributed by atoms with Gasteiger partial charge < -0.3 is 18.8 Å². The Hall–Kier alpha value is -3.88. The van der Waals surface area contributed by atoms with Gasteiger partial charge in [0.15, 0.2) is 5.75 Å². The normalized spacial score (nSPS) is 11.1. The Labute approximate surface area is 164 Å². The smallest absolute Gasteiger partial charge is 0.339 e. The molecule has 0 atom stereocenters. The molecular weight excluding hydrogens is 376 g/mol. The summed E-state index contributed by atoms with van der Waals surface area (Å²) in [4.78, 5) is 23.1. The fourth-order valence-corrected chi connectivity index (χ4v) is 2.98. The van der Waals surface area contributed by atoms with Gasteiger partial charge in [0.25, 0.3) is 0 Å². The largest absolute Gasteiger partial charge is 0.503 e. The van der Waals surface area contributed by atoms with Crippen LogP contribution in [0.5, 0.6) is 11.5 Å². The van der Waals surface area contributed by atoms with Crippen molar-refractivity contribution in [2.45, 2.75) is 26.6 Å². The van der Waals surface area contributed by atoms with Gasteiger partial charge in [-0.3, -0.25) is 9.48 Å². The Morgan fingerprint density at radius 1 is 1.14 bits per heavy atom. The number of aromatic hydroxyl groups is 1. The second kappa shape index (κ2) is 7.63. The van der Waals surface area contributed by atoms with Crippen LogP contribution >= 0.6 is 0 Å². The van der Waals surface area contributed by atoms with E-state index >= 15 is 0 Å². The van der Waals surface area contributed by atoms with Crippen LogP contribution in [0.4, 0.5) is 0 Å². The van der Waals surface area contributed by atoms with Crippen molar-refractivity contribution < 1.29 is 14.3 Å². The van der Waals surface area contributed by atoms with Crippen LogP contribution < -0.4 is 15.8 Å². The molecule has 1 aromatic carbocycles. The molecule has 0 aliphatic heterocycles. The second-order valence-corrected chi connectivity index (χ2v) is 6.55. The zero-order valence-corrected chi connectivity index (χ0v) is 15.6. The molecular formula is C20H18N4O5. The molecule has 0 saturated carbocycles. The highest BCUT2D eigenvalue weighted by Gasteiger charge is 2.09. The van der Waals surface area contributed by atoms with E-state index in [1.165, 1.54) is 18.3 Å². The van der Waals surface area contributed by atoms with Crippen molar-refractivity contribution in [3.63, 3.8) is 0 Å². The van der Waals surface area contributed by atoms with Crippen molar-refractivity contribution in [3.8, 4) is 11.5 Å².